The molecule has 5 heteroatoms. The summed E-state index contributed by atoms with van der Waals surface area (Å²) in [7, 11) is 0. The Kier molecular flexibility index (Phi) is 4.82. The van der Waals surface area contributed by atoms with Crippen molar-refractivity contribution >= 4 is 17.1 Å². The van der Waals surface area contributed by atoms with Crippen molar-refractivity contribution in [1.29, 1.82) is 0 Å². The Morgan fingerprint density at radius 1 is 0.943 bits per heavy atom. The molecule has 2 aliphatic carbocycles. The summed E-state index contributed by atoms with van der Waals surface area (Å²) in [5, 5.41) is 13.4. The summed E-state index contributed by atoms with van der Waals surface area (Å²) < 4.78 is 27.8. The van der Waals surface area contributed by atoms with E-state index in [4.69, 9.17) is 0 Å². The van der Waals surface area contributed by atoms with E-state index in [9.17, 15) is 13.9 Å². The fraction of sp³-hybridized carbons (Fsp3) is 0.267. The molecule has 0 saturated heterocycles. The Bertz CT molecular complexity index is 1330. The van der Waals surface area contributed by atoms with Gasteiger partial charge in [-0.05, 0) is 54.5 Å². The SMILES string of the molecule is C=C(O)c1ccc(C2(NC(=C)c3cccc4c3N(Cc3cc(F)cc(F)c3)CC43CC3)CC2)cc1. The third-order valence-corrected chi connectivity index (χ3v) is 7.80. The van der Waals surface area contributed by atoms with E-state index in [-0.39, 0.29) is 16.7 Å². The largest absolute Gasteiger partial charge is 0.508 e. The molecule has 0 radical (unpaired) electrons. The number of rotatable bonds is 7. The average molecular weight is 471 g/mol. The van der Waals surface area contributed by atoms with Gasteiger partial charge >= 0.3 is 0 Å². The minimum atomic E-state index is -0.550. The number of nitrogens with one attached hydrogen (secondary N) is 1. The fourth-order valence-corrected chi connectivity index (χ4v) is 5.67. The lowest BCUT2D eigenvalue weighted by Gasteiger charge is -2.26. The zero-order chi connectivity index (χ0) is 24.4. The maximum absolute atomic E-state index is 13.9. The van der Waals surface area contributed by atoms with E-state index < -0.39 is 11.6 Å². The number of anilines is 1. The molecule has 0 amide bonds. The number of aliphatic hydroxyl groups is 1. The molecule has 3 aliphatic rings. The lowest BCUT2D eigenvalue weighted by atomic mass is 9.95. The van der Waals surface area contributed by atoms with Crippen LogP contribution in [0.1, 0.15) is 53.5 Å². The molecule has 0 atom stereocenters. The summed E-state index contributed by atoms with van der Waals surface area (Å²) in [4.78, 5) is 2.26. The van der Waals surface area contributed by atoms with Crippen LogP contribution in [-0.4, -0.2) is 11.7 Å². The van der Waals surface area contributed by atoms with Crippen LogP contribution in [0.5, 0.6) is 0 Å². The van der Waals surface area contributed by atoms with Gasteiger partial charge in [-0.3, -0.25) is 0 Å². The van der Waals surface area contributed by atoms with E-state index in [1.54, 1.807) is 0 Å². The Balaban J connectivity index is 1.31. The van der Waals surface area contributed by atoms with Crippen LogP contribution in [0.25, 0.3) is 11.5 Å². The summed E-state index contributed by atoms with van der Waals surface area (Å²) >= 11 is 0. The Morgan fingerprint density at radius 3 is 2.23 bits per heavy atom. The van der Waals surface area contributed by atoms with Crippen LogP contribution in [0.2, 0.25) is 0 Å². The van der Waals surface area contributed by atoms with E-state index in [2.05, 4.69) is 41.6 Å². The topological polar surface area (TPSA) is 35.5 Å². The fourth-order valence-electron chi connectivity index (χ4n) is 5.67. The number of nitrogens with zero attached hydrogens (tertiary/aromatic N) is 1. The van der Waals surface area contributed by atoms with E-state index in [1.807, 2.05) is 24.3 Å². The lowest BCUT2D eigenvalue weighted by molar-refractivity contribution is 0.513. The number of fused-ring (bicyclic) bond motifs is 2. The molecule has 1 spiro atoms. The highest BCUT2D eigenvalue weighted by Crippen LogP contribution is 2.58. The van der Waals surface area contributed by atoms with Gasteiger partial charge in [-0.15, -0.1) is 0 Å². The van der Waals surface area contributed by atoms with Crippen LogP contribution in [0.3, 0.4) is 0 Å². The highest BCUT2D eigenvalue weighted by Gasteiger charge is 2.52. The molecular formula is C30H28F2N2O. The minimum absolute atomic E-state index is 0.0610. The van der Waals surface area contributed by atoms with Crippen molar-refractivity contribution in [3.63, 3.8) is 0 Å². The normalized spacial score (nSPS) is 18.3. The lowest BCUT2D eigenvalue weighted by Crippen LogP contribution is -2.28. The highest BCUT2D eigenvalue weighted by molar-refractivity contribution is 5.81. The molecular weight excluding hydrogens is 442 g/mol. The number of benzene rings is 3. The predicted molar refractivity (Wildman–Crippen MR) is 136 cm³/mol. The van der Waals surface area contributed by atoms with Gasteiger partial charge in [0, 0.05) is 41.4 Å². The van der Waals surface area contributed by atoms with Gasteiger partial charge in [-0.2, -0.15) is 0 Å². The van der Waals surface area contributed by atoms with Crippen LogP contribution in [0.15, 0.2) is 73.8 Å². The van der Waals surface area contributed by atoms with Crippen LogP contribution in [-0.2, 0) is 17.5 Å². The molecule has 1 aliphatic heterocycles. The van der Waals surface area contributed by atoms with Crippen molar-refractivity contribution in [1.82, 2.24) is 5.32 Å². The van der Waals surface area contributed by atoms with Gasteiger partial charge in [0.1, 0.15) is 17.4 Å². The molecule has 0 aromatic heterocycles. The zero-order valence-corrected chi connectivity index (χ0v) is 19.6. The smallest absolute Gasteiger partial charge is 0.126 e. The van der Waals surface area contributed by atoms with Gasteiger partial charge in [-0.1, -0.05) is 55.6 Å². The molecule has 3 nitrogen and oxygen atoms in total. The molecule has 35 heavy (non-hydrogen) atoms. The third-order valence-electron chi connectivity index (χ3n) is 7.80. The molecule has 2 saturated carbocycles. The molecule has 1 heterocycles. The van der Waals surface area contributed by atoms with E-state index >= 15 is 0 Å². The maximum atomic E-state index is 13.9. The zero-order valence-electron chi connectivity index (χ0n) is 19.6. The summed E-state index contributed by atoms with van der Waals surface area (Å²) in [5.41, 5.74) is 6.77. The summed E-state index contributed by atoms with van der Waals surface area (Å²) in [6.07, 6.45) is 4.25. The molecule has 3 aromatic rings. The maximum Gasteiger partial charge on any atom is 0.126 e. The average Bonchev–Trinajstić information content (AvgIpc) is 3.74. The predicted octanol–water partition coefficient (Wildman–Crippen LogP) is 6.79. The van der Waals surface area contributed by atoms with Gasteiger partial charge in [0.05, 0.1) is 11.2 Å². The van der Waals surface area contributed by atoms with Crippen LogP contribution >= 0.6 is 0 Å². The number of halogens is 2. The first-order chi connectivity index (χ1) is 16.8. The van der Waals surface area contributed by atoms with Gasteiger partial charge in [0.15, 0.2) is 0 Å². The molecule has 0 unspecified atom stereocenters. The van der Waals surface area contributed by atoms with Gasteiger partial charge < -0.3 is 15.3 Å². The van der Waals surface area contributed by atoms with Crippen molar-refractivity contribution in [3.8, 4) is 0 Å². The molecule has 0 bridgehead atoms. The van der Waals surface area contributed by atoms with Crippen molar-refractivity contribution in [2.75, 3.05) is 11.4 Å². The first kappa shape index (κ1) is 21.9. The van der Waals surface area contributed by atoms with E-state index in [0.717, 1.165) is 60.8 Å². The number of aliphatic hydroxyl groups excluding tert-OH is 1. The minimum Gasteiger partial charge on any atom is -0.508 e. The second kappa shape index (κ2) is 7.70. The Labute approximate surface area is 204 Å². The monoisotopic (exact) mass is 470 g/mol. The third kappa shape index (κ3) is 3.79. The van der Waals surface area contributed by atoms with Crippen molar-refractivity contribution in [3.05, 3.63) is 113 Å². The summed E-state index contributed by atoms with van der Waals surface area (Å²) in [6.45, 7) is 9.32. The standard InChI is InChI=1S/C30H28F2N2O/c1-19(33-30(12-13-30)23-8-6-22(7-9-23)20(2)35)26-4-3-5-27-28(26)34(18-29(27)10-11-29)17-21-14-24(31)16-25(32)15-21/h3-9,14-16,33,35H,1-2,10-13,17-18H2. The Hall–Kier alpha value is -3.60. The molecule has 2 N–H and O–H groups in total. The van der Waals surface area contributed by atoms with Crippen LogP contribution in [0, 0.1) is 11.6 Å². The molecule has 178 valence electrons. The van der Waals surface area contributed by atoms with Gasteiger partial charge in [0.25, 0.3) is 0 Å². The second-order valence-corrected chi connectivity index (χ2v) is 10.3. The number of para-hydroxylation sites is 1. The van der Waals surface area contributed by atoms with Crippen molar-refractivity contribution < 1.29 is 13.9 Å². The molecule has 6 rings (SSSR count). The van der Waals surface area contributed by atoms with Gasteiger partial charge in [-0.25, -0.2) is 8.78 Å². The summed E-state index contributed by atoms with van der Waals surface area (Å²) in [5.74, 6) is -1.04. The van der Waals surface area contributed by atoms with Crippen molar-refractivity contribution in [2.24, 2.45) is 0 Å². The number of hydrogen-bond donors (Lipinski definition) is 2. The first-order valence-corrected chi connectivity index (χ1v) is 12.1. The second-order valence-electron chi connectivity index (χ2n) is 10.3. The van der Waals surface area contributed by atoms with Crippen molar-refractivity contribution in [2.45, 2.75) is 43.2 Å². The first-order valence-electron chi connectivity index (χ1n) is 12.1. The van der Waals surface area contributed by atoms with Crippen LogP contribution in [0.4, 0.5) is 14.5 Å². The molecule has 3 aromatic carbocycles. The summed E-state index contributed by atoms with van der Waals surface area (Å²) in [6, 6.07) is 18.0. The van der Waals surface area contributed by atoms with Gasteiger partial charge in [0.2, 0.25) is 0 Å². The van der Waals surface area contributed by atoms with E-state index in [1.165, 1.54) is 17.7 Å². The Morgan fingerprint density at radius 2 is 1.63 bits per heavy atom. The quantitative estimate of drug-likeness (QED) is 0.373. The van der Waals surface area contributed by atoms with E-state index in [0.29, 0.717) is 17.7 Å². The molecule has 2 fully saturated rings. The highest BCUT2D eigenvalue weighted by atomic mass is 19.1. The van der Waals surface area contributed by atoms with Crippen LogP contribution < -0.4 is 10.2 Å². The number of hydrogen-bond acceptors (Lipinski definition) is 3.